The van der Waals surface area contributed by atoms with E-state index >= 15 is 0 Å². The standard InChI is InChI=1S/C4OS/c5-3-1-2-4-6. The molecule has 0 heterocycles. The molecular formula is C4OS. The summed E-state index contributed by atoms with van der Waals surface area (Å²) in [5.74, 6) is 1.33. The maximum Gasteiger partial charge on any atom is 0.186 e. The van der Waals surface area contributed by atoms with Crippen LogP contribution in [0.25, 0.3) is 0 Å². The molecule has 0 spiro atoms. The summed E-state index contributed by atoms with van der Waals surface area (Å²) in [5.41, 5.74) is 4.02. The Morgan fingerprint density at radius 3 is 2.17 bits per heavy atom. The van der Waals surface area contributed by atoms with Crippen LogP contribution in [0.3, 0.4) is 0 Å². The van der Waals surface area contributed by atoms with Crippen LogP contribution in [0.4, 0.5) is 0 Å². The van der Waals surface area contributed by atoms with E-state index in [1.165, 1.54) is 5.94 Å². The highest BCUT2D eigenvalue weighted by Crippen LogP contribution is 1.34. The summed E-state index contributed by atoms with van der Waals surface area (Å²) in [6, 6.07) is 0. The van der Waals surface area contributed by atoms with Gasteiger partial charge < -0.3 is 0 Å². The van der Waals surface area contributed by atoms with Crippen molar-refractivity contribution in [2.24, 2.45) is 0 Å². The molecule has 0 atom stereocenters. The fourth-order valence-corrected chi connectivity index (χ4v) is 0.102. The van der Waals surface area contributed by atoms with Gasteiger partial charge in [0.15, 0.2) is 5.94 Å². The van der Waals surface area contributed by atoms with Crippen LogP contribution in [0.2, 0.25) is 0 Å². The van der Waals surface area contributed by atoms with Crippen molar-refractivity contribution in [1.29, 1.82) is 0 Å². The third-order valence-electron chi connectivity index (χ3n) is 0.165. The van der Waals surface area contributed by atoms with Crippen molar-refractivity contribution in [2.45, 2.75) is 0 Å². The van der Waals surface area contributed by atoms with Gasteiger partial charge >= 0.3 is 0 Å². The van der Waals surface area contributed by atoms with Gasteiger partial charge in [0.05, 0.1) is 0 Å². The molecule has 0 unspecified atom stereocenters. The molecule has 0 saturated carbocycles. The second-order valence-electron chi connectivity index (χ2n) is 0.454. The van der Waals surface area contributed by atoms with Crippen molar-refractivity contribution in [2.75, 3.05) is 0 Å². The predicted molar refractivity (Wildman–Crippen MR) is 25.3 cm³/mol. The number of hydrogen-bond donors (Lipinski definition) is 0. The maximum absolute atomic E-state index is 9.18. The third-order valence-corrected chi connectivity index (χ3v) is 0.267. The van der Waals surface area contributed by atoms with Crippen LogP contribution in [-0.4, -0.2) is 11.0 Å². The molecule has 0 amide bonds. The summed E-state index contributed by atoms with van der Waals surface area (Å²) in [5, 5.41) is 2.03. The summed E-state index contributed by atoms with van der Waals surface area (Å²) in [6.45, 7) is 0. The molecule has 0 aliphatic heterocycles. The minimum absolute atomic E-state index is 1.33. The lowest BCUT2D eigenvalue weighted by Gasteiger charge is -1.25. The number of rotatable bonds is 0. The van der Waals surface area contributed by atoms with E-state index in [4.69, 9.17) is 0 Å². The lowest BCUT2D eigenvalue weighted by molar-refractivity contribution is 0.569. The molecule has 0 N–H and O–H groups in total. The van der Waals surface area contributed by atoms with Gasteiger partial charge in [-0.2, -0.15) is 0 Å². The highest BCUT2D eigenvalue weighted by molar-refractivity contribution is 7.78. The van der Waals surface area contributed by atoms with Gasteiger partial charge in [-0.15, -0.1) is 0 Å². The molecule has 0 aliphatic carbocycles. The highest BCUT2D eigenvalue weighted by Gasteiger charge is 1.32. The molecule has 0 bridgehead atoms. The molecule has 6 heavy (non-hydrogen) atoms. The van der Waals surface area contributed by atoms with Crippen molar-refractivity contribution < 1.29 is 4.79 Å². The summed E-state index contributed by atoms with van der Waals surface area (Å²) in [7, 11) is 0. The van der Waals surface area contributed by atoms with Gasteiger partial charge in [0.1, 0.15) is 0 Å². The van der Waals surface area contributed by atoms with Gasteiger partial charge in [0.2, 0.25) is 0 Å². The lowest BCUT2D eigenvalue weighted by Crippen LogP contribution is -1.30. The van der Waals surface area contributed by atoms with E-state index in [-0.39, 0.29) is 0 Å². The molecule has 1 nitrogen and oxygen atoms in total. The Balaban J connectivity index is 4.68. The average molecular weight is 96.1 g/mol. The van der Waals surface area contributed by atoms with E-state index in [2.05, 4.69) is 17.9 Å². The first-order valence-corrected chi connectivity index (χ1v) is 1.57. The maximum atomic E-state index is 9.18. The molecule has 0 fully saturated rings. The Labute approximate surface area is 40.3 Å². The van der Waals surface area contributed by atoms with E-state index in [0.717, 1.165) is 0 Å². The van der Waals surface area contributed by atoms with Gasteiger partial charge in [-0.3, -0.25) is 0 Å². The van der Waals surface area contributed by atoms with E-state index in [0.29, 0.717) is 0 Å². The van der Waals surface area contributed by atoms with Crippen LogP contribution in [0.15, 0.2) is 11.5 Å². The van der Waals surface area contributed by atoms with E-state index in [1.54, 1.807) is 0 Å². The summed E-state index contributed by atoms with van der Waals surface area (Å²) in [4.78, 5) is 9.18. The van der Waals surface area contributed by atoms with E-state index in [9.17, 15) is 4.79 Å². The van der Waals surface area contributed by atoms with Crippen LogP contribution in [0.1, 0.15) is 0 Å². The van der Waals surface area contributed by atoms with Crippen molar-refractivity contribution in [1.82, 2.24) is 0 Å². The van der Waals surface area contributed by atoms with Gasteiger partial charge in [-0.05, 0) is 12.2 Å². The predicted octanol–water partition coefficient (Wildman–Crippen LogP) is 0.283. The van der Waals surface area contributed by atoms with Gasteiger partial charge in [0, 0.05) is 16.5 Å². The molecule has 0 rings (SSSR count). The molecule has 0 aromatic carbocycles. The molecule has 0 saturated heterocycles. The van der Waals surface area contributed by atoms with Crippen LogP contribution in [-0.2, 0) is 4.79 Å². The summed E-state index contributed by atoms with van der Waals surface area (Å²) in [6.07, 6.45) is 0. The Hall–Kier alpha value is -0.860. The summed E-state index contributed by atoms with van der Waals surface area (Å²) < 4.78 is 0. The monoisotopic (exact) mass is 96.0 g/mol. The smallest absolute Gasteiger partial charge is 0.186 e. The number of hydrogen-bond acceptors (Lipinski definition) is 2. The largest absolute Gasteiger partial charge is 0.223 e. The van der Waals surface area contributed by atoms with Crippen molar-refractivity contribution >= 4 is 23.2 Å². The zero-order valence-electron chi connectivity index (χ0n) is 2.82. The first-order chi connectivity index (χ1) is 2.91. The quantitative estimate of drug-likeness (QED) is 0.245. The Morgan fingerprint density at radius 2 is 2.00 bits per heavy atom. The van der Waals surface area contributed by atoms with Crippen molar-refractivity contribution in [3.63, 3.8) is 0 Å². The van der Waals surface area contributed by atoms with E-state index in [1.807, 2.05) is 10.8 Å². The zero-order valence-corrected chi connectivity index (χ0v) is 3.63. The lowest BCUT2D eigenvalue weighted by atomic mass is 10.8. The molecule has 0 radical (unpaired) electrons. The van der Waals surface area contributed by atoms with Crippen LogP contribution in [0.5, 0.6) is 0 Å². The SMILES string of the molecule is O=C=C=C=C=S. The normalized spacial score (nSPS) is 3.33. The molecule has 0 aromatic rings. The highest BCUT2D eigenvalue weighted by atomic mass is 32.1. The molecular weight excluding hydrogens is 96.1 g/mol. The van der Waals surface area contributed by atoms with Crippen LogP contribution >= 0.6 is 12.2 Å². The Bertz CT molecular complexity index is 140. The zero-order chi connectivity index (χ0) is 4.83. The minimum Gasteiger partial charge on any atom is -0.223 e. The number of thiocarbonyl (C=S) groups is 1. The molecule has 28 valence electrons. The van der Waals surface area contributed by atoms with Gasteiger partial charge in [0.25, 0.3) is 0 Å². The van der Waals surface area contributed by atoms with Gasteiger partial charge in [-0.25, -0.2) is 4.79 Å². The minimum atomic E-state index is 1.33. The molecule has 0 aromatic heterocycles. The van der Waals surface area contributed by atoms with Crippen molar-refractivity contribution in [3.8, 4) is 0 Å². The summed E-state index contributed by atoms with van der Waals surface area (Å²) >= 11 is 4.11. The number of carbonyl (C=O) groups excluding carboxylic acids is 1. The fourth-order valence-electron chi connectivity index (χ4n) is 0.0510. The van der Waals surface area contributed by atoms with Crippen molar-refractivity contribution in [3.05, 3.63) is 11.5 Å². The second-order valence-corrected chi connectivity index (χ2v) is 0.658. The fraction of sp³-hybridized carbons (Fsp3) is 0. The first kappa shape index (κ1) is 5.14. The molecule has 0 aliphatic rings. The van der Waals surface area contributed by atoms with Crippen LogP contribution in [0, 0.1) is 0 Å². The van der Waals surface area contributed by atoms with E-state index < -0.39 is 0 Å². The second kappa shape index (κ2) is 4.14. The first-order valence-electron chi connectivity index (χ1n) is 1.16. The molecule has 2 heteroatoms. The average Bonchev–Trinajstić information content (AvgIpc) is 1.61. The van der Waals surface area contributed by atoms with Gasteiger partial charge in [-0.1, -0.05) is 0 Å². The Kier molecular flexibility index (Phi) is 3.55. The Morgan fingerprint density at radius 1 is 1.33 bits per heavy atom. The third kappa shape index (κ3) is 3.14. The topological polar surface area (TPSA) is 17.1 Å². The van der Waals surface area contributed by atoms with Crippen LogP contribution < -0.4 is 0 Å².